The third-order valence-corrected chi connectivity index (χ3v) is 14.3. The molecule has 4 amide bonds. The van der Waals surface area contributed by atoms with Crippen molar-refractivity contribution in [1.29, 1.82) is 0 Å². The average Bonchev–Trinajstić information content (AvgIpc) is 3.68. The zero-order valence-corrected chi connectivity index (χ0v) is 35.2. The number of halogens is 2. The van der Waals surface area contributed by atoms with Crippen LogP contribution >= 0.6 is 11.6 Å². The topological polar surface area (TPSA) is 119 Å². The van der Waals surface area contributed by atoms with Crippen molar-refractivity contribution in [2.24, 2.45) is 23.7 Å². The molecule has 3 heterocycles. The fourth-order valence-corrected chi connectivity index (χ4v) is 11.3. The number of rotatable bonds is 10. The van der Waals surface area contributed by atoms with E-state index in [0.717, 1.165) is 35.8 Å². The van der Waals surface area contributed by atoms with Crippen molar-refractivity contribution in [3.05, 3.63) is 172 Å². The van der Waals surface area contributed by atoms with Crippen molar-refractivity contribution in [3.8, 4) is 11.5 Å². The van der Waals surface area contributed by atoms with Gasteiger partial charge in [0.05, 0.1) is 28.9 Å². The van der Waals surface area contributed by atoms with Gasteiger partial charge in [0, 0.05) is 48.2 Å². The summed E-state index contributed by atoms with van der Waals surface area (Å²) >= 11 is 6.45. The molecule has 10 nitrogen and oxygen atoms in total. The number of hydrogen-bond acceptors (Lipinski definition) is 8. The molecule has 1 saturated carbocycles. The molecule has 2 aliphatic carbocycles. The second-order valence-corrected chi connectivity index (χ2v) is 17.8. The highest BCUT2D eigenvalue weighted by Crippen LogP contribution is 2.65. The van der Waals surface area contributed by atoms with Crippen molar-refractivity contribution < 1.29 is 33.4 Å². The number of phenols is 1. The van der Waals surface area contributed by atoms with Gasteiger partial charge in [-0.15, -0.1) is 0 Å². The monoisotopic (exact) mass is 864 g/mol. The third kappa shape index (κ3) is 7.07. The number of nitrogens with zero attached hydrogens (tertiary/aromatic N) is 3. The molecule has 5 aliphatic rings. The van der Waals surface area contributed by atoms with Crippen LogP contribution in [-0.4, -0.2) is 62.7 Å². The Kier molecular flexibility index (Phi) is 10.6. The number of carbonyl (C=O) groups is 4. The van der Waals surface area contributed by atoms with Crippen molar-refractivity contribution in [2.45, 2.75) is 56.2 Å². The first-order valence-electron chi connectivity index (χ1n) is 21.6. The van der Waals surface area contributed by atoms with E-state index in [9.17, 15) is 19.1 Å². The number of imide groups is 2. The maximum Gasteiger partial charge on any atom is 0.260 e. The standard InChI is InChI=1S/C51H46ClFN4O6/c52-34-13-11-33(12-14-34)51-43(48(60)57(50(51)62)54-36-17-15-35(53)16-18-36)28-42-39(46(51)40-20-19-38(27-44(40)58)63-30-32-9-5-2-6-10-32)21-22-41-45(42)49(61)56(47(41)59)37-23-25-55(26-24-37)29-31-7-3-1-4-8-31/h1-21,27,37,41-43,45-46,54,58H,22-26,28-30H2/t41-,42+,43-,45-,46+,51+/m0/s1. The van der Waals surface area contributed by atoms with Gasteiger partial charge in [-0.1, -0.05) is 102 Å². The summed E-state index contributed by atoms with van der Waals surface area (Å²) in [4.78, 5) is 63.9. The van der Waals surface area contributed by atoms with Gasteiger partial charge in [-0.3, -0.25) is 34.4 Å². The fourth-order valence-electron chi connectivity index (χ4n) is 11.2. The molecule has 12 heteroatoms. The Bertz CT molecular complexity index is 2600. The molecule has 3 aliphatic heterocycles. The molecular formula is C51H46ClFN4O6. The molecular weight excluding hydrogens is 819 g/mol. The number of amides is 4. The van der Waals surface area contributed by atoms with Crippen LogP contribution in [0.15, 0.2) is 139 Å². The van der Waals surface area contributed by atoms with Gasteiger partial charge < -0.3 is 9.84 Å². The van der Waals surface area contributed by atoms with Crippen LogP contribution in [0.2, 0.25) is 5.02 Å². The third-order valence-electron chi connectivity index (χ3n) is 14.0. The number of benzene rings is 5. The van der Waals surface area contributed by atoms with Crippen molar-refractivity contribution in [1.82, 2.24) is 14.8 Å². The van der Waals surface area contributed by atoms with E-state index < -0.39 is 52.6 Å². The van der Waals surface area contributed by atoms with Crippen molar-refractivity contribution in [2.75, 3.05) is 18.5 Å². The number of anilines is 1. The number of hydrazine groups is 1. The normalized spacial score (nSPS) is 26.0. The van der Waals surface area contributed by atoms with Gasteiger partial charge in [-0.2, -0.15) is 5.01 Å². The van der Waals surface area contributed by atoms with Gasteiger partial charge in [0.15, 0.2) is 0 Å². The van der Waals surface area contributed by atoms with Crippen LogP contribution in [-0.2, 0) is 37.7 Å². The van der Waals surface area contributed by atoms with Gasteiger partial charge in [-0.25, -0.2) is 4.39 Å². The van der Waals surface area contributed by atoms with E-state index in [-0.39, 0.29) is 43.1 Å². The molecule has 0 aromatic heterocycles. The highest BCUT2D eigenvalue weighted by Gasteiger charge is 2.71. The van der Waals surface area contributed by atoms with Crippen LogP contribution in [0.25, 0.3) is 0 Å². The molecule has 0 bridgehead atoms. The first-order chi connectivity index (χ1) is 30.6. The zero-order chi connectivity index (χ0) is 43.4. The number of piperidine rings is 1. The molecule has 320 valence electrons. The Balaban J connectivity index is 1.04. The maximum absolute atomic E-state index is 15.5. The molecule has 3 saturated heterocycles. The Labute approximate surface area is 369 Å². The van der Waals surface area contributed by atoms with E-state index in [2.05, 4.69) is 22.5 Å². The molecule has 0 radical (unpaired) electrons. The maximum atomic E-state index is 15.5. The highest BCUT2D eigenvalue weighted by atomic mass is 35.5. The molecule has 5 aromatic rings. The Morgan fingerprint density at radius 3 is 2.14 bits per heavy atom. The van der Waals surface area contributed by atoms with Crippen LogP contribution in [0.3, 0.4) is 0 Å². The summed E-state index contributed by atoms with van der Waals surface area (Å²) in [7, 11) is 0. The first-order valence-corrected chi connectivity index (χ1v) is 22.0. The summed E-state index contributed by atoms with van der Waals surface area (Å²) in [6.45, 7) is 2.53. The van der Waals surface area contributed by atoms with E-state index in [4.69, 9.17) is 16.3 Å². The van der Waals surface area contributed by atoms with Crippen LogP contribution < -0.4 is 10.2 Å². The fraction of sp³-hybridized carbons (Fsp3) is 0.294. The van der Waals surface area contributed by atoms with Crippen LogP contribution in [0, 0.1) is 29.5 Å². The van der Waals surface area contributed by atoms with Crippen LogP contribution in [0.5, 0.6) is 11.5 Å². The minimum atomic E-state index is -1.63. The highest BCUT2D eigenvalue weighted by molar-refractivity contribution is 6.30. The summed E-state index contributed by atoms with van der Waals surface area (Å²) < 4.78 is 20.2. The molecule has 63 heavy (non-hydrogen) atoms. The van der Waals surface area contributed by atoms with Crippen molar-refractivity contribution >= 4 is 40.9 Å². The number of allylic oxidation sites excluding steroid dienone is 2. The number of carbonyl (C=O) groups excluding carboxylic acids is 4. The molecule has 2 N–H and O–H groups in total. The number of likely N-dealkylation sites (tertiary alicyclic amines) is 2. The number of aromatic hydroxyl groups is 1. The predicted octanol–water partition coefficient (Wildman–Crippen LogP) is 8.41. The number of fused-ring (bicyclic) bond motifs is 4. The minimum Gasteiger partial charge on any atom is -0.508 e. The van der Waals surface area contributed by atoms with Gasteiger partial charge in [0.1, 0.15) is 23.9 Å². The van der Waals surface area contributed by atoms with Crippen LogP contribution in [0.1, 0.15) is 53.9 Å². The molecule has 5 aromatic carbocycles. The first kappa shape index (κ1) is 40.8. The van der Waals surface area contributed by atoms with Crippen LogP contribution in [0.4, 0.5) is 10.1 Å². The molecule has 6 atom stereocenters. The SMILES string of the molecule is O=C1[C@@H]2C[C@@H]3C(=CC[C@@H]4C(=O)N(C5CCN(Cc6ccccc6)CC5)C(=O)[C@@H]43)[C@H](c3ccc(OCc4ccccc4)cc3O)[C@]2(c2ccc(Cl)cc2)C(=O)N1Nc1ccc(F)cc1. The van der Waals surface area contributed by atoms with Gasteiger partial charge in [-0.05, 0) is 90.8 Å². The number of hydrogen-bond donors (Lipinski definition) is 2. The number of ether oxygens (including phenoxy) is 1. The Morgan fingerprint density at radius 2 is 1.46 bits per heavy atom. The summed E-state index contributed by atoms with van der Waals surface area (Å²) in [5, 5.41) is 13.6. The Morgan fingerprint density at radius 1 is 0.778 bits per heavy atom. The average molecular weight is 865 g/mol. The minimum absolute atomic E-state index is 0.0969. The summed E-state index contributed by atoms with van der Waals surface area (Å²) in [6, 6.07) is 36.8. The van der Waals surface area contributed by atoms with E-state index in [1.54, 1.807) is 36.4 Å². The molecule has 4 fully saturated rings. The lowest BCUT2D eigenvalue weighted by Crippen LogP contribution is -2.53. The summed E-state index contributed by atoms with van der Waals surface area (Å²) in [6.07, 6.45) is 3.65. The number of phenolic OH excluding ortho intramolecular Hbond substituents is 1. The Hall–Kier alpha value is -6.30. The smallest absolute Gasteiger partial charge is 0.260 e. The van der Waals surface area contributed by atoms with Crippen molar-refractivity contribution in [3.63, 3.8) is 0 Å². The lowest BCUT2D eigenvalue weighted by molar-refractivity contribution is -0.144. The van der Waals surface area contributed by atoms with E-state index in [1.807, 2.05) is 54.6 Å². The number of nitrogens with one attached hydrogen (secondary N) is 1. The largest absolute Gasteiger partial charge is 0.508 e. The van der Waals surface area contributed by atoms with E-state index in [1.165, 1.54) is 40.8 Å². The second-order valence-electron chi connectivity index (χ2n) is 17.4. The van der Waals surface area contributed by atoms with Gasteiger partial charge >= 0.3 is 0 Å². The molecule has 0 unspecified atom stereocenters. The lowest BCUT2D eigenvalue weighted by atomic mass is 9.49. The zero-order valence-electron chi connectivity index (χ0n) is 34.4. The van der Waals surface area contributed by atoms with Gasteiger partial charge in [0.2, 0.25) is 11.8 Å². The quantitative estimate of drug-likeness (QED) is 0.106. The molecule has 0 spiro atoms. The van der Waals surface area contributed by atoms with E-state index in [0.29, 0.717) is 40.4 Å². The predicted molar refractivity (Wildman–Crippen MR) is 234 cm³/mol. The van der Waals surface area contributed by atoms with E-state index >= 15 is 9.59 Å². The summed E-state index contributed by atoms with van der Waals surface area (Å²) in [5.41, 5.74) is 5.42. The van der Waals surface area contributed by atoms with Gasteiger partial charge in [0.25, 0.3) is 11.8 Å². The lowest BCUT2D eigenvalue weighted by Gasteiger charge is -2.50. The second kappa shape index (κ2) is 16.4. The molecule has 10 rings (SSSR count). The summed E-state index contributed by atoms with van der Waals surface area (Å²) in [5.74, 6) is -5.76.